The number of nitrogens with zero attached hydrogens (tertiary/aromatic N) is 2. The second kappa shape index (κ2) is 10.5. The van der Waals surface area contributed by atoms with E-state index >= 15 is 0 Å². The summed E-state index contributed by atoms with van der Waals surface area (Å²) in [5, 5.41) is 9.38. The summed E-state index contributed by atoms with van der Waals surface area (Å²) in [6, 6.07) is 4.05. The molecule has 0 N–H and O–H groups in total. The highest BCUT2D eigenvalue weighted by Gasteiger charge is 2.27. The zero-order chi connectivity index (χ0) is 22.3. The lowest BCUT2D eigenvalue weighted by Gasteiger charge is -2.16. The maximum Gasteiger partial charge on any atom is 0.343 e. The first-order valence-electron chi connectivity index (χ1n) is 9.99. The minimum atomic E-state index is -1.46. The molecule has 0 aliphatic rings. The molecule has 2 rings (SSSR count). The summed E-state index contributed by atoms with van der Waals surface area (Å²) in [6.45, 7) is 5.88. The van der Waals surface area contributed by atoms with Gasteiger partial charge in [0.05, 0.1) is 24.8 Å². The van der Waals surface area contributed by atoms with Gasteiger partial charge in [0.25, 0.3) is 0 Å². The van der Waals surface area contributed by atoms with Crippen molar-refractivity contribution in [2.45, 2.75) is 52.5 Å². The van der Waals surface area contributed by atoms with Gasteiger partial charge in [-0.05, 0) is 32.4 Å². The molecule has 0 spiro atoms. The minimum Gasteiger partial charge on any atom is -0.465 e. The van der Waals surface area contributed by atoms with E-state index in [1.54, 1.807) is 24.5 Å². The number of hydrogen-bond acceptors (Lipinski definition) is 6. The third-order valence-corrected chi connectivity index (χ3v) is 4.66. The van der Waals surface area contributed by atoms with Crippen LogP contribution in [-0.4, -0.2) is 29.7 Å². The van der Waals surface area contributed by atoms with E-state index in [0.29, 0.717) is 12.1 Å². The quantitative estimate of drug-likeness (QED) is 0.457. The number of fused-ring (bicyclic) bond motifs is 1. The van der Waals surface area contributed by atoms with Crippen LogP contribution in [0, 0.1) is 17.1 Å². The Morgan fingerprint density at radius 3 is 2.47 bits per heavy atom. The van der Waals surface area contributed by atoms with Gasteiger partial charge in [-0.1, -0.05) is 19.8 Å². The van der Waals surface area contributed by atoms with Gasteiger partial charge in [0, 0.05) is 23.7 Å². The van der Waals surface area contributed by atoms with Gasteiger partial charge in [-0.2, -0.15) is 5.26 Å². The molecule has 0 saturated carbocycles. The normalized spacial score (nSPS) is 11.7. The predicted octanol–water partition coefficient (Wildman–Crippen LogP) is 3.68. The van der Waals surface area contributed by atoms with Crippen molar-refractivity contribution < 1.29 is 23.5 Å². The summed E-state index contributed by atoms with van der Waals surface area (Å²) in [7, 11) is 0. The molecule has 0 fully saturated rings. The standard InChI is InChI=1S/C22H25FN2O5/c1-4-7-8-9-25-13-17(22(28)30-6-3)20(26)15-10-18(23)14(11-19(15)25)16(12-24)21(27)29-5-2/h10-11,13,16H,4-9H2,1-3H3. The van der Waals surface area contributed by atoms with E-state index in [0.717, 1.165) is 25.3 Å². The van der Waals surface area contributed by atoms with Crippen molar-refractivity contribution >= 4 is 22.8 Å². The molecule has 0 bridgehead atoms. The molecule has 1 unspecified atom stereocenters. The fourth-order valence-electron chi connectivity index (χ4n) is 3.19. The summed E-state index contributed by atoms with van der Waals surface area (Å²) < 4.78 is 26.3. The first kappa shape index (κ1) is 23.1. The fourth-order valence-corrected chi connectivity index (χ4v) is 3.19. The third kappa shape index (κ3) is 4.85. The Morgan fingerprint density at radius 1 is 1.17 bits per heavy atom. The predicted molar refractivity (Wildman–Crippen MR) is 109 cm³/mol. The number of carbonyl (C=O) groups excluding carboxylic acids is 2. The van der Waals surface area contributed by atoms with E-state index in [1.807, 2.05) is 6.92 Å². The van der Waals surface area contributed by atoms with Crippen molar-refractivity contribution in [1.29, 1.82) is 5.26 Å². The molecular formula is C22H25FN2O5. The number of carbonyl (C=O) groups is 2. The van der Waals surface area contributed by atoms with Crippen LogP contribution < -0.4 is 5.43 Å². The van der Waals surface area contributed by atoms with E-state index in [4.69, 9.17) is 9.47 Å². The molecule has 0 radical (unpaired) electrons. The highest BCUT2D eigenvalue weighted by Crippen LogP contribution is 2.26. The van der Waals surface area contributed by atoms with E-state index in [-0.39, 0.29) is 29.7 Å². The smallest absolute Gasteiger partial charge is 0.343 e. The molecule has 30 heavy (non-hydrogen) atoms. The molecule has 0 saturated heterocycles. The van der Waals surface area contributed by atoms with Crippen molar-refractivity contribution in [1.82, 2.24) is 4.57 Å². The zero-order valence-electron chi connectivity index (χ0n) is 17.4. The molecule has 1 heterocycles. The van der Waals surface area contributed by atoms with Crippen LogP contribution in [0.1, 0.15) is 61.9 Å². The van der Waals surface area contributed by atoms with Crippen molar-refractivity contribution in [3.63, 3.8) is 0 Å². The summed E-state index contributed by atoms with van der Waals surface area (Å²) >= 11 is 0. The molecule has 0 amide bonds. The van der Waals surface area contributed by atoms with Gasteiger partial charge in [0.2, 0.25) is 5.43 Å². The van der Waals surface area contributed by atoms with Gasteiger partial charge in [-0.25, -0.2) is 9.18 Å². The van der Waals surface area contributed by atoms with Crippen molar-refractivity contribution in [3.8, 4) is 6.07 Å². The van der Waals surface area contributed by atoms with Gasteiger partial charge in [0.1, 0.15) is 11.4 Å². The Kier molecular flexibility index (Phi) is 8.10. The summed E-state index contributed by atoms with van der Waals surface area (Å²) in [6.07, 6.45) is 4.04. The van der Waals surface area contributed by atoms with Gasteiger partial charge in [0.15, 0.2) is 5.92 Å². The van der Waals surface area contributed by atoms with Gasteiger partial charge in [-0.15, -0.1) is 0 Å². The highest BCUT2D eigenvalue weighted by atomic mass is 19.1. The minimum absolute atomic E-state index is 0.0150. The van der Waals surface area contributed by atoms with Gasteiger partial charge >= 0.3 is 11.9 Å². The number of aryl methyl sites for hydroxylation is 1. The monoisotopic (exact) mass is 416 g/mol. The number of aromatic nitrogens is 1. The maximum absolute atomic E-state index is 14.8. The van der Waals surface area contributed by atoms with Crippen LogP contribution in [-0.2, 0) is 20.8 Å². The molecule has 2 aromatic rings. The molecule has 1 aromatic carbocycles. The molecule has 160 valence electrons. The molecule has 1 aromatic heterocycles. The van der Waals surface area contributed by atoms with Gasteiger partial charge in [-0.3, -0.25) is 9.59 Å². The molecule has 0 aliphatic heterocycles. The Hall–Kier alpha value is -3.21. The number of esters is 2. The summed E-state index contributed by atoms with van der Waals surface area (Å²) in [4.78, 5) is 37.2. The third-order valence-electron chi connectivity index (χ3n) is 4.66. The topological polar surface area (TPSA) is 98.4 Å². The van der Waals surface area contributed by atoms with Crippen LogP contribution in [0.4, 0.5) is 4.39 Å². The first-order chi connectivity index (χ1) is 14.4. The molecular weight excluding hydrogens is 391 g/mol. The van der Waals surface area contributed by atoms with Crippen LogP contribution in [0.15, 0.2) is 23.1 Å². The van der Waals surface area contributed by atoms with Crippen LogP contribution >= 0.6 is 0 Å². The molecule has 8 heteroatoms. The number of halogens is 1. The first-order valence-corrected chi connectivity index (χ1v) is 9.99. The van der Waals surface area contributed by atoms with Crippen molar-refractivity contribution in [2.75, 3.05) is 13.2 Å². The number of nitriles is 1. The molecule has 1 atom stereocenters. The maximum atomic E-state index is 14.8. The fraction of sp³-hybridized carbons (Fsp3) is 0.455. The van der Waals surface area contributed by atoms with Gasteiger partial charge < -0.3 is 14.0 Å². The van der Waals surface area contributed by atoms with Crippen LogP contribution in [0.25, 0.3) is 10.9 Å². The average molecular weight is 416 g/mol. The van der Waals surface area contributed by atoms with E-state index in [1.165, 1.54) is 12.3 Å². The lowest BCUT2D eigenvalue weighted by molar-refractivity contribution is -0.143. The molecule has 0 aliphatic carbocycles. The van der Waals surface area contributed by atoms with Crippen LogP contribution in [0.3, 0.4) is 0 Å². The number of unbranched alkanes of at least 4 members (excludes halogenated alkanes) is 2. The Morgan fingerprint density at radius 2 is 1.87 bits per heavy atom. The second-order valence-corrected chi connectivity index (χ2v) is 6.70. The van der Waals surface area contributed by atoms with Crippen molar-refractivity contribution in [3.05, 3.63) is 45.5 Å². The number of ether oxygens (including phenoxy) is 2. The zero-order valence-corrected chi connectivity index (χ0v) is 17.4. The lowest BCUT2D eigenvalue weighted by atomic mass is 9.97. The molecule has 7 nitrogen and oxygen atoms in total. The number of benzene rings is 1. The SMILES string of the molecule is CCCCCn1cc(C(=O)OCC)c(=O)c2cc(F)c(C(C#N)C(=O)OCC)cc21. The van der Waals surface area contributed by atoms with E-state index in [9.17, 15) is 24.0 Å². The number of hydrogen-bond donors (Lipinski definition) is 0. The van der Waals surface area contributed by atoms with Crippen LogP contribution in [0.2, 0.25) is 0 Å². The highest BCUT2D eigenvalue weighted by molar-refractivity contribution is 5.94. The second-order valence-electron chi connectivity index (χ2n) is 6.70. The Labute approximate surface area is 174 Å². The van der Waals surface area contributed by atoms with E-state index < -0.39 is 29.1 Å². The van der Waals surface area contributed by atoms with Crippen molar-refractivity contribution in [2.24, 2.45) is 0 Å². The lowest BCUT2D eigenvalue weighted by Crippen LogP contribution is -2.22. The summed E-state index contributed by atoms with van der Waals surface area (Å²) in [5.74, 6) is -3.99. The Bertz CT molecular complexity index is 1040. The largest absolute Gasteiger partial charge is 0.465 e. The average Bonchev–Trinajstić information content (AvgIpc) is 2.71. The van der Waals surface area contributed by atoms with Crippen LogP contribution in [0.5, 0.6) is 0 Å². The number of pyridine rings is 1. The van der Waals surface area contributed by atoms with E-state index in [2.05, 4.69) is 0 Å². The number of rotatable bonds is 9. The Balaban J connectivity index is 2.73. The summed E-state index contributed by atoms with van der Waals surface area (Å²) in [5.41, 5.74) is -0.679.